The van der Waals surface area contributed by atoms with E-state index >= 15 is 0 Å². The molecule has 9 nitrogen and oxygen atoms in total. The Labute approximate surface area is 212 Å². The van der Waals surface area contributed by atoms with Crippen molar-refractivity contribution in [2.75, 3.05) is 46.4 Å². The Morgan fingerprint density at radius 2 is 1.20 bits per heavy atom. The van der Waals surface area contributed by atoms with Crippen LogP contribution in [0.15, 0.2) is 0 Å². The summed E-state index contributed by atoms with van der Waals surface area (Å²) >= 11 is 0. The molecule has 1 amide bonds. The van der Waals surface area contributed by atoms with Crippen LogP contribution < -0.4 is 5.32 Å². The highest BCUT2D eigenvalue weighted by molar-refractivity contribution is 5.81. The molecule has 0 aliphatic rings. The highest BCUT2D eigenvalue weighted by Gasteiger charge is 2.34. The number of aliphatic hydroxyl groups excluding tert-OH is 6. The van der Waals surface area contributed by atoms with E-state index in [2.05, 4.69) is 19.3 Å². The molecule has 0 radical (unpaired) electrons. The van der Waals surface area contributed by atoms with Gasteiger partial charge < -0.3 is 40.4 Å². The largest absolute Gasteiger partial charge is 0.394 e. The van der Waals surface area contributed by atoms with Crippen LogP contribution >= 0.6 is 0 Å². The zero-order valence-corrected chi connectivity index (χ0v) is 22.3. The van der Waals surface area contributed by atoms with Crippen LogP contribution in [0.2, 0.25) is 0 Å². The van der Waals surface area contributed by atoms with E-state index in [0.717, 1.165) is 19.5 Å². The molecule has 1 unspecified atom stereocenters. The number of hydrogen-bond acceptors (Lipinski definition) is 7. The van der Waals surface area contributed by atoms with E-state index in [-0.39, 0.29) is 13.2 Å². The third kappa shape index (κ3) is 16.5. The van der Waals surface area contributed by atoms with Gasteiger partial charge in [-0.3, -0.25) is 4.79 Å². The molecule has 5 atom stereocenters. The first-order valence-electron chi connectivity index (χ1n) is 13.8. The predicted octanol–water partition coefficient (Wildman–Crippen LogP) is 1.07. The Balaban J connectivity index is 4.06. The maximum absolute atomic E-state index is 12.0. The van der Waals surface area contributed by atoms with Gasteiger partial charge in [0.25, 0.3) is 5.91 Å². The van der Waals surface area contributed by atoms with Gasteiger partial charge >= 0.3 is 0 Å². The van der Waals surface area contributed by atoms with Gasteiger partial charge in [-0.25, -0.2) is 0 Å². The lowest BCUT2D eigenvalue weighted by Gasteiger charge is -2.34. The van der Waals surface area contributed by atoms with Gasteiger partial charge in [0.15, 0.2) is 6.10 Å². The number of carbonyl (C=O) groups excluding carboxylic acids is 1. The molecule has 0 saturated heterocycles. The molecule has 0 heterocycles. The number of nitrogens with zero attached hydrogens (tertiary/aromatic N) is 1. The molecule has 0 saturated carbocycles. The van der Waals surface area contributed by atoms with Crippen LogP contribution in [0.5, 0.6) is 0 Å². The molecule has 7 N–H and O–H groups in total. The van der Waals surface area contributed by atoms with Crippen LogP contribution in [0.3, 0.4) is 0 Å². The number of quaternary nitrogens is 1. The van der Waals surface area contributed by atoms with Gasteiger partial charge in [-0.2, -0.15) is 0 Å². The predicted molar refractivity (Wildman–Crippen MR) is 138 cm³/mol. The monoisotopic (exact) mass is 507 g/mol. The van der Waals surface area contributed by atoms with Crippen LogP contribution in [0.1, 0.15) is 90.4 Å². The molecule has 0 aliphatic heterocycles. The number of nitrogens with one attached hydrogen (secondary N) is 1. The van der Waals surface area contributed by atoms with E-state index in [1.807, 2.05) is 0 Å². The first-order chi connectivity index (χ1) is 16.7. The van der Waals surface area contributed by atoms with E-state index in [1.54, 1.807) is 0 Å². The fraction of sp³-hybridized carbons (Fsp3) is 0.962. The summed E-state index contributed by atoms with van der Waals surface area (Å²) in [4.78, 5) is 12.0. The number of rotatable bonds is 24. The van der Waals surface area contributed by atoms with Gasteiger partial charge in [0, 0.05) is 13.0 Å². The molecular formula is C26H55N2O7+. The second kappa shape index (κ2) is 21.3. The minimum Gasteiger partial charge on any atom is -0.394 e. The average Bonchev–Trinajstić information content (AvgIpc) is 2.85. The Morgan fingerprint density at radius 3 is 1.69 bits per heavy atom. The average molecular weight is 508 g/mol. The maximum atomic E-state index is 12.0. The first-order valence-corrected chi connectivity index (χ1v) is 13.8. The molecule has 0 fully saturated rings. The lowest BCUT2D eigenvalue weighted by atomic mass is 10.0. The first kappa shape index (κ1) is 34.2. The lowest BCUT2D eigenvalue weighted by molar-refractivity contribution is -0.910. The second-order valence-corrected chi connectivity index (χ2v) is 10.2. The number of hydrogen-bond donors (Lipinski definition) is 7. The zero-order chi connectivity index (χ0) is 26.5. The SMILES string of the molecule is CCCCCCCCCCCCCC[N+](C)(CCO)CCCNC(=O)[C@H](O)[C@@H](O)[C@H](O)[C@H](O)CO. The summed E-state index contributed by atoms with van der Waals surface area (Å²) in [5.74, 6) is -0.848. The maximum Gasteiger partial charge on any atom is 0.251 e. The third-order valence-electron chi connectivity index (χ3n) is 6.89. The molecule has 0 aromatic heterocycles. The summed E-state index contributed by atoms with van der Waals surface area (Å²) in [7, 11) is 2.10. The normalized spacial score (nSPS) is 16.9. The fourth-order valence-corrected chi connectivity index (χ4v) is 4.37. The van der Waals surface area contributed by atoms with Gasteiger partial charge in [-0.1, -0.05) is 71.1 Å². The zero-order valence-electron chi connectivity index (χ0n) is 22.3. The van der Waals surface area contributed by atoms with E-state index in [0.29, 0.717) is 17.4 Å². The molecule has 210 valence electrons. The fourth-order valence-electron chi connectivity index (χ4n) is 4.37. The quantitative estimate of drug-likeness (QED) is 0.0763. The second-order valence-electron chi connectivity index (χ2n) is 10.2. The van der Waals surface area contributed by atoms with Crippen molar-refractivity contribution >= 4 is 5.91 Å². The number of amides is 1. The van der Waals surface area contributed by atoms with Gasteiger partial charge in [0.1, 0.15) is 24.9 Å². The van der Waals surface area contributed by atoms with Gasteiger partial charge in [-0.05, 0) is 12.8 Å². The number of carbonyl (C=O) groups is 1. The summed E-state index contributed by atoms with van der Waals surface area (Å²) in [5, 5.41) is 59.5. The molecular weight excluding hydrogens is 452 g/mol. The molecule has 0 aromatic rings. The van der Waals surface area contributed by atoms with Crippen LogP contribution in [-0.2, 0) is 4.79 Å². The summed E-state index contributed by atoms with van der Waals surface area (Å²) in [6.07, 6.45) is 8.90. The molecule has 0 aromatic carbocycles. The molecule has 0 aliphatic carbocycles. The van der Waals surface area contributed by atoms with E-state index in [9.17, 15) is 30.3 Å². The van der Waals surface area contributed by atoms with Gasteiger partial charge in [-0.15, -0.1) is 0 Å². The van der Waals surface area contributed by atoms with Crippen molar-refractivity contribution < 1.29 is 39.9 Å². The Morgan fingerprint density at radius 1 is 0.714 bits per heavy atom. The minimum atomic E-state index is -1.91. The van der Waals surface area contributed by atoms with Crippen molar-refractivity contribution in [3.8, 4) is 0 Å². The minimum absolute atomic E-state index is 0.0943. The molecule has 0 rings (SSSR count). The Hall–Kier alpha value is -0.810. The molecule has 0 spiro atoms. The van der Waals surface area contributed by atoms with Gasteiger partial charge in [0.05, 0.1) is 33.4 Å². The molecule has 9 heteroatoms. The van der Waals surface area contributed by atoms with Crippen LogP contribution in [0, 0.1) is 0 Å². The lowest BCUT2D eigenvalue weighted by Crippen LogP contribution is -2.52. The smallest absolute Gasteiger partial charge is 0.251 e. The summed E-state index contributed by atoms with van der Waals surface area (Å²) in [6.45, 7) is 4.17. The van der Waals surface area contributed by atoms with Crippen molar-refractivity contribution in [2.24, 2.45) is 0 Å². The van der Waals surface area contributed by atoms with Crippen molar-refractivity contribution in [3.63, 3.8) is 0 Å². The molecule has 35 heavy (non-hydrogen) atoms. The van der Waals surface area contributed by atoms with Gasteiger partial charge in [0.2, 0.25) is 0 Å². The number of unbranched alkanes of at least 4 members (excludes halogenated alkanes) is 11. The Kier molecular flexibility index (Phi) is 20.8. The van der Waals surface area contributed by atoms with Crippen molar-refractivity contribution in [1.29, 1.82) is 0 Å². The summed E-state index contributed by atoms with van der Waals surface area (Å²) < 4.78 is 0.705. The van der Waals surface area contributed by atoms with E-state index < -0.39 is 36.9 Å². The van der Waals surface area contributed by atoms with Crippen molar-refractivity contribution in [1.82, 2.24) is 5.32 Å². The van der Waals surface area contributed by atoms with Crippen LogP contribution in [0.25, 0.3) is 0 Å². The van der Waals surface area contributed by atoms with Crippen molar-refractivity contribution in [2.45, 2.75) is 115 Å². The van der Waals surface area contributed by atoms with Crippen molar-refractivity contribution in [3.05, 3.63) is 0 Å². The Bertz CT molecular complexity index is 512. The highest BCUT2D eigenvalue weighted by atomic mass is 16.4. The van der Waals surface area contributed by atoms with E-state index in [1.165, 1.54) is 70.6 Å². The summed E-state index contributed by atoms with van der Waals surface area (Å²) in [5.41, 5.74) is 0. The topological polar surface area (TPSA) is 150 Å². The third-order valence-corrected chi connectivity index (χ3v) is 6.89. The van der Waals surface area contributed by atoms with Crippen LogP contribution in [-0.4, -0.2) is 112 Å². The van der Waals surface area contributed by atoms with Crippen LogP contribution in [0.4, 0.5) is 0 Å². The highest BCUT2D eigenvalue weighted by Crippen LogP contribution is 2.14. The van der Waals surface area contributed by atoms with E-state index in [4.69, 9.17) is 5.11 Å². The molecule has 0 bridgehead atoms. The standard InChI is InChI=1S/C26H54N2O7/c1-3-4-5-6-7-8-9-10-11-12-13-14-17-28(2,19-20-29)18-15-16-27-26(35)25(34)24(33)23(32)22(31)21-30/h22-25,29-34H,3-21H2,1-2H3/p+1/t22-,23-,24+,25-,28?/m1/s1. The number of likely N-dealkylation sites (N-methyl/N-ethyl adjacent to an activating group) is 1. The summed E-state index contributed by atoms with van der Waals surface area (Å²) in [6, 6.07) is 0. The number of aliphatic hydroxyl groups is 6.